The lowest BCUT2D eigenvalue weighted by Crippen LogP contribution is -2.15. The van der Waals surface area contributed by atoms with Crippen molar-refractivity contribution >= 4 is 15.8 Å². The van der Waals surface area contributed by atoms with Crippen LogP contribution in [0.3, 0.4) is 0 Å². The number of aromatic nitrogens is 3. The number of hydrogen-bond acceptors (Lipinski definition) is 7. The summed E-state index contributed by atoms with van der Waals surface area (Å²) >= 11 is 0. The second kappa shape index (κ2) is 6.97. The third kappa shape index (κ3) is 5.64. The van der Waals surface area contributed by atoms with Crippen LogP contribution in [0.15, 0.2) is 12.0 Å². The van der Waals surface area contributed by atoms with E-state index in [2.05, 4.69) is 33.2 Å². The van der Waals surface area contributed by atoms with E-state index in [0.717, 1.165) is 5.41 Å². The highest BCUT2D eigenvalue weighted by Crippen LogP contribution is 1.95. The van der Waals surface area contributed by atoms with Crippen molar-refractivity contribution in [3.05, 3.63) is 24.4 Å². The highest BCUT2D eigenvalue weighted by atomic mass is 32.2. The van der Waals surface area contributed by atoms with Crippen molar-refractivity contribution < 1.29 is 17.5 Å². The molecule has 0 bridgehead atoms. The fourth-order valence-electron chi connectivity index (χ4n) is 0.926. The normalized spacial score (nSPS) is 11.2. The van der Waals surface area contributed by atoms with Crippen molar-refractivity contribution in [2.45, 2.75) is 0 Å². The van der Waals surface area contributed by atoms with Crippen molar-refractivity contribution in [2.75, 3.05) is 30.8 Å². The van der Waals surface area contributed by atoms with E-state index in [9.17, 15) is 12.8 Å². The van der Waals surface area contributed by atoms with Crippen molar-refractivity contribution in [2.24, 2.45) is 0 Å². The largest absolute Gasteiger partial charge is 0.379 e. The Bertz CT molecular complexity index is 494. The lowest BCUT2D eigenvalue weighted by molar-refractivity contribution is 0.159. The van der Waals surface area contributed by atoms with Crippen LogP contribution in [0.1, 0.15) is 0 Å². The van der Waals surface area contributed by atoms with Crippen LogP contribution in [-0.2, 0) is 14.6 Å². The van der Waals surface area contributed by atoms with E-state index in [1.54, 1.807) is 0 Å². The summed E-state index contributed by atoms with van der Waals surface area (Å²) in [5, 5.41) is 3.56. The second-order valence-electron chi connectivity index (χ2n) is 3.10. The molecule has 0 unspecified atom stereocenters. The van der Waals surface area contributed by atoms with E-state index in [-0.39, 0.29) is 24.9 Å². The van der Waals surface area contributed by atoms with Gasteiger partial charge < -0.3 is 10.1 Å². The monoisotopic (exact) mass is 275 g/mol. The average molecular weight is 275 g/mol. The van der Waals surface area contributed by atoms with Crippen LogP contribution in [0.4, 0.5) is 10.3 Å². The van der Waals surface area contributed by atoms with Gasteiger partial charge in [0.1, 0.15) is 0 Å². The molecule has 9 heteroatoms. The van der Waals surface area contributed by atoms with Gasteiger partial charge in [-0.05, 0) is 0 Å². The van der Waals surface area contributed by atoms with E-state index in [1.807, 2.05) is 0 Å². The molecule has 0 aliphatic carbocycles. The van der Waals surface area contributed by atoms with Crippen molar-refractivity contribution in [3.63, 3.8) is 0 Å². The molecule has 1 aromatic heterocycles. The Hall–Kier alpha value is -1.61. The molecule has 0 atom stereocenters. The van der Waals surface area contributed by atoms with E-state index in [4.69, 9.17) is 4.74 Å². The first-order valence-corrected chi connectivity index (χ1v) is 6.69. The number of anilines is 1. The van der Waals surface area contributed by atoms with Gasteiger partial charge in [-0.25, -0.2) is 8.42 Å². The summed E-state index contributed by atoms with van der Waals surface area (Å²) in [6.45, 7) is 3.79. The first kappa shape index (κ1) is 14.5. The molecule has 1 aromatic rings. The van der Waals surface area contributed by atoms with Gasteiger partial charge in [0.05, 0.1) is 19.0 Å². The highest BCUT2D eigenvalue weighted by molar-refractivity contribution is 7.94. The minimum atomic E-state index is -3.23. The fraction of sp³-hybridized carbons (Fsp3) is 0.444. The Morgan fingerprint density at radius 2 is 2.22 bits per heavy atom. The first-order valence-electron chi connectivity index (χ1n) is 4.98. The Labute approximate surface area is 104 Å². The summed E-state index contributed by atoms with van der Waals surface area (Å²) in [4.78, 5) is 9.97. The average Bonchev–Trinajstić information content (AvgIpc) is 2.34. The van der Waals surface area contributed by atoms with Crippen molar-refractivity contribution in [3.8, 4) is 0 Å². The molecule has 1 N–H and O–H groups in total. The quantitative estimate of drug-likeness (QED) is 0.656. The maximum Gasteiger partial charge on any atom is 0.314 e. The van der Waals surface area contributed by atoms with Gasteiger partial charge in [-0.15, -0.1) is 0 Å². The Kier molecular flexibility index (Phi) is 5.59. The van der Waals surface area contributed by atoms with E-state index < -0.39 is 15.9 Å². The van der Waals surface area contributed by atoms with Crippen molar-refractivity contribution in [1.29, 1.82) is 0 Å². The van der Waals surface area contributed by atoms with Gasteiger partial charge in [-0.2, -0.15) is 19.3 Å². The topological polar surface area (TPSA) is 94.1 Å². The number of rotatable bonds is 8. The van der Waals surface area contributed by atoms with E-state index in [1.165, 1.54) is 0 Å². The predicted octanol–water partition coefficient (Wildman–Crippen LogP) is -0.202. The SMILES string of the molecule is C=CS(=O)(=O)CCOCCNc1n[c]nc(F)n1. The van der Waals surface area contributed by atoms with Gasteiger partial charge in [-0.1, -0.05) is 6.58 Å². The summed E-state index contributed by atoms with van der Waals surface area (Å²) in [7, 11) is -3.23. The predicted molar refractivity (Wildman–Crippen MR) is 61.9 cm³/mol. The zero-order chi connectivity index (χ0) is 13.4. The first-order chi connectivity index (χ1) is 8.53. The summed E-state index contributed by atoms with van der Waals surface area (Å²) in [6.07, 6.45) is 1.15. The van der Waals surface area contributed by atoms with Gasteiger partial charge in [0, 0.05) is 12.0 Å². The lowest BCUT2D eigenvalue weighted by atomic mass is 10.6. The van der Waals surface area contributed by atoms with Gasteiger partial charge in [0.25, 0.3) is 0 Å². The van der Waals surface area contributed by atoms with Gasteiger partial charge in [0.15, 0.2) is 9.84 Å². The molecular weight excluding hydrogens is 263 g/mol. The highest BCUT2D eigenvalue weighted by Gasteiger charge is 2.04. The molecule has 0 spiro atoms. The van der Waals surface area contributed by atoms with Gasteiger partial charge in [0.2, 0.25) is 12.3 Å². The Balaban J connectivity index is 2.14. The van der Waals surface area contributed by atoms with Crippen LogP contribution in [0, 0.1) is 12.4 Å². The molecule has 0 aliphatic rings. The standard InChI is InChI=1S/C9H12FN4O3S/c1-2-18(15,16)6-5-17-4-3-11-9-13-7-12-8(10)14-9/h2H,1,3-6H2,(H,11,12,13,14). The minimum Gasteiger partial charge on any atom is -0.379 e. The minimum absolute atomic E-state index is 0.0461. The number of halogens is 1. The van der Waals surface area contributed by atoms with Crippen LogP contribution in [0.2, 0.25) is 0 Å². The summed E-state index contributed by atoms with van der Waals surface area (Å²) in [5.74, 6) is -0.0743. The number of nitrogens with one attached hydrogen (secondary N) is 1. The molecule has 1 radical (unpaired) electrons. The smallest absolute Gasteiger partial charge is 0.314 e. The van der Waals surface area contributed by atoms with Crippen molar-refractivity contribution in [1.82, 2.24) is 15.0 Å². The summed E-state index contributed by atoms with van der Waals surface area (Å²) in [6, 6.07) is 0. The summed E-state index contributed by atoms with van der Waals surface area (Å²) < 4.78 is 39.6. The molecular formula is C9H12FN4O3S. The second-order valence-corrected chi connectivity index (χ2v) is 5.17. The van der Waals surface area contributed by atoms with E-state index >= 15 is 0 Å². The number of ether oxygens (including phenoxy) is 1. The van der Waals surface area contributed by atoms with Crippen LogP contribution >= 0.6 is 0 Å². The zero-order valence-corrected chi connectivity index (χ0v) is 10.3. The van der Waals surface area contributed by atoms with Crippen LogP contribution in [-0.4, -0.2) is 48.9 Å². The van der Waals surface area contributed by atoms with Crippen LogP contribution < -0.4 is 5.32 Å². The molecule has 0 fully saturated rings. The fourth-order valence-corrected chi connectivity index (χ4v) is 1.44. The molecule has 1 rings (SSSR count). The molecule has 18 heavy (non-hydrogen) atoms. The van der Waals surface area contributed by atoms with E-state index in [0.29, 0.717) is 6.54 Å². The molecule has 0 amide bonds. The third-order valence-corrected chi connectivity index (χ3v) is 3.04. The van der Waals surface area contributed by atoms with Gasteiger partial charge in [-0.3, -0.25) is 0 Å². The number of hydrogen-bond donors (Lipinski definition) is 1. The maximum atomic E-state index is 12.5. The molecule has 0 aromatic carbocycles. The Morgan fingerprint density at radius 3 is 2.89 bits per heavy atom. The third-order valence-electron chi connectivity index (χ3n) is 1.79. The number of sulfone groups is 1. The Morgan fingerprint density at radius 1 is 1.44 bits per heavy atom. The lowest BCUT2D eigenvalue weighted by Gasteiger charge is -2.05. The maximum absolute atomic E-state index is 12.5. The molecule has 99 valence electrons. The molecule has 7 nitrogen and oxygen atoms in total. The summed E-state index contributed by atoms with van der Waals surface area (Å²) in [5.41, 5.74) is 0. The van der Waals surface area contributed by atoms with Crippen LogP contribution in [0.25, 0.3) is 0 Å². The molecule has 0 saturated carbocycles. The molecule has 1 heterocycles. The van der Waals surface area contributed by atoms with Crippen LogP contribution in [0.5, 0.6) is 0 Å². The zero-order valence-electron chi connectivity index (χ0n) is 9.47. The van der Waals surface area contributed by atoms with Gasteiger partial charge >= 0.3 is 6.08 Å². The number of nitrogens with zero attached hydrogens (tertiary/aromatic N) is 3. The molecule has 0 aliphatic heterocycles. The molecule has 0 saturated heterocycles.